The Kier molecular flexibility index (Phi) is 4.83. The van der Waals surface area contributed by atoms with Crippen molar-refractivity contribution in [1.29, 1.82) is 0 Å². The van der Waals surface area contributed by atoms with Crippen molar-refractivity contribution in [3.63, 3.8) is 0 Å². The Morgan fingerprint density at radius 3 is 1.66 bits per heavy atom. The number of fused-ring (bicyclic) bond motifs is 7. The van der Waals surface area contributed by atoms with Crippen LogP contribution in [0, 0.1) is 0 Å². The van der Waals surface area contributed by atoms with Gasteiger partial charge in [-0.1, -0.05) is 176 Å². The van der Waals surface area contributed by atoms with Gasteiger partial charge >= 0.3 is 0 Å². The zero-order valence-electron chi connectivity index (χ0n) is 43.2. The lowest BCUT2D eigenvalue weighted by atomic mass is 10.0. The molecule has 0 saturated carbocycles. The number of benzene rings is 8. The van der Waals surface area contributed by atoms with Crippen LogP contribution >= 0.6 is 0 Å². The summed E-state index contributed by atoms with van der Waals surface area (Å²) < 4.78 is 126. The van der Waals surface area contributed by atoms with Crippen molar-refractivity contribution in [2.24, 2.45) is 0 Å². The summed E-state index contributed by atoms with van der Waals surface area (Å²) in [5.41, 5.74) is 3.86. The van der Waals surface area contributed by atoms with Crippen LogP contribution in [0.1, 0.15) is 19.2 Å². The molecule has 3 aromatic heterocycles. The van der Waals surface area contributed by atoms with E-state index in [9.17, 15) is 5.48 Å². The van der Waals surface area contributed by atoms with Crippen LogP contribution in [0.3, 0.4) is 0 Å². The molecule has 0 aliphatic rings. The second-order valence-corrected chi connectivity index (χ2v) is 13.0. The third-order valence-electron chi connectivity index (χ3n) is 9.85. The Morgan fingerprint density at radius 1 is 0.375 bits per heavy atom. The van der Waals surface area contributed by atoms with Crippen LogP contribution in [0.15, 0.2) is 200 Å². The molecule has 8 aromatic carbocycles. The van der Waals surface area contributed by atoms with Crippen LogP contribution in [0.25, 0.3) is 100 Å². The molecule has 0 atom stereocenters. The molecule has 0 aliphatic carbocycles. The minimum atomic E-state index is -0.760. The summed E-state index contributed by atoms with van der Waals surface area (Å²) in [5.74, 6) is -1.05. The molecule has 0 saturated heterocycles. The highest BCUT2D eigenvalue weighted by molar-refractivity contribution is 6.26. The number of hydrogen-bond donors (Lipinski definition) is 0. The van der Waals surface area contributed by atoms with E-state index in [0.29, 0.717) is 11.0 Å². The van der Waals surface area contributed by atoms with Gasteiger partial charge in [0.05, 0.1) is 46.9 Å². The largest absolute Gasteiger partial charge is 0.308 e. The summed E-state index contributed by atoms with van der Waals surface area (Å²) in [7, 11) is 0. The van der Waals surface area contributed by atoms with Gasteiger partial charge in [0.1, 0.15) is 0 Å². The molecular formula is C51H33N5. The first kappa shape index (κ1) is 20.7. The van der Waals surface area contributed by atoms with Crippen molar-refractivity contribution in [3.8, 4) is 56.7 Å². The van der Waals surface area contributed by atoms with Gasteiger partial charge in [0.2, 0.25) is 5.95 Å². The molecule has 0 radical (unpaired) electrons. The van der Waals surface area contributed by atoms with E-state index in [1.165, 1.54) is 0 Å². The van der Waals surface area contributed by atoms with Gasteiger partial charge in [0.15, 0.2) is 11.6 Å². The Balaban J connectivity index is 1.26. The predicted octanol–water partition coefficient (Wildman–Crippen LogP) is 12.7. The zero-order valence-corrected chi connectivity index (χ0v) is 29.2. The van der Waals surface area contributed by atoms with Gasteiger partial charge in [-0.3, -0.25) is 4.57 Å². The first-order valence-corrected chi connectivity index (χ1v) is 17.7. The van der Waals surface area contributed by atoms with E-state index >= 15 is 0 Å². The van der Waals surface area contributed by atoms with E-state index in [4.69, 9.17) is 23.7 Å². The number of para-hydroxylation sites is 3. The molecule has 5 heteroatoms. The first-order valence-electron chi connectivity index (χ1n) is 24.7. The highest BCUT2D eigenvalue weighted by Gasteiger charge is 2.23. The maximum atomic E-state index is 9.33. The lowest BCUT2D eigenvalue weighted by Crippen LogP contribution is -2.06. The standard InChI is InChI=1S/C51H33N5/c1-4-16-34(17-5-1)35-28-30-38(31-29-35)50-52-49(37-20-8-3-9-21-37)53-51(54-50)56-45-27-15-12-24-42(45)47-46(56)33-32-41-40-23-11-14-26-44(40)55(48(41)47)43-25-13-10-22-39(43)36-18-6-2-7-19-36/h1-33H/i1D,3D,4D,5D,8D,9D,16D,17D,20D,21D,28D,29D,30D,31D. The lowest BCUT2D eigenvalue weighted by molar-refractivity contribution is 0.953. The van der Waals surface area contributed by atoms with Gasteiger partial charge in [0.25, 0.3) is 0 Å². The number of hydrogen-bond acceptors (Lipinski definition) is 3. The van der Waals surface area contributed by atoms with Crippen molar-refractivity contribution in [1.82, 2.24) is 24.1 Å². The Morgan fingerprint density at radius 2 is 0.929 bits per heavy atom. The molecule has 0 spiro atoms. The third kappa shape index (κ3) is 5.13. The van der Waals surface area contributed by atoms with Gasteiger partial charge in [-0.15, -0.1) is 0 Å². The average Bonchev–Trinajstić information content (AvgIpc) is 3.90. The normalized spacial score (nSPS) is 15.1. The average molecular weight is 730 g/mol. The van der Waals surface area contributed by atoms with Gasteiger partial charge in [-0.25, -0.2) is 4.98 Å². The van der Waals surface area contributed by atoms with E-state index in [1.807, 2.05) is 78.9 Å². The van der Waals surface area contributed by atoms with E-state index in [1.54, 1.807) is 4.57 Å². The topological polar surface area (TPSA) is 48.5 Å². The first-order chi connectivity index (χ1) is 33.6. The Hall–Kier alpha value is -7.63. The quantitative estimate of drug-likeness (QED) is 0.171. The van der Waals surface area contributed by atoms with E-state index in [2.05, 4.69) is 45.9 Å². The smallest absolute Gasteiger partial charge is 0.238 e. The molecule has 0 amide bonds. The second-order valence-electron chi connectivity index (χ2n) is 13.0. The van der Waals surface area contributed by atoms with Crippen molar-refractivity contribution in [2.75, 3.05) is 0 Å². The van der Waals surface area contributed by atoms with Crippen molar-refractivity contribution < 1.29 is 19.2 Å². The van der Waals surface area contributed by atoms with Gasteiger partial charge in [-0.2, -0.15) is 9.97 Å². The fourth-order valence-corrected chi connectivity index (χ4v) is 7.48. The van der Waals surface area contributed by atoms with Gasteiger partial charge in [-0.05, 0) is 41.0 Å². The summed E-state index contributed by atoms with van der Waals surface area (Å²) in [6.45, 7) is 0. The van der Waals surface area contributed by atoms with Crippen LogP contribution in [-0.2, 0) is 0 Å². The third-order valence-corrected chi connectivity index (χ3v) is 9.85. The van der Waals surface area contributed by atoms with E-state index in [-0.39, 0.29) is 5.95 Å². The van der Waals surface area contributed by atoms with Gasteiger partial charge in [0, 0.05) is 38.2 Å². The number of nitrogens with zero attached hydrogens (tertiary/aromatic N) is 5. The summed E-state index contributed by atoms with van der Waals surface area (Å²) >= 11 is 0. The maximum Gasteiger partial charge on any atom is 0.238 e. The van der Waals surface area contributed by atoms with Crippen molar-refractivity contribution in [3.05, 3.63) is 200 Å². The molecule has 11 rings (SSSR count). The summed E-state index contributed by atoms with van der Waals surface area (Å²) in [6, 6.07) is 27.8. The second kappa shape index (κ2) is 13.0. The SMILES string of the molecule is [2H]c1c([2H])c([2H])c(-c2nc(-c3c([2H])c([2H])c(-c4c([2H])c([2H])c([2H])c([2H])c4[2H])c([2H])c3[2H])nc(-n3c4ccccc4c4c3ccc3c5ccccc5n(-c5ccccc5-c5ccccc5)c34)n2)c([2H])c1[2H]. The zero-order chi connectivity index (χ0) is 49.2. The maximum absolute atomic E-state index is 9.33. The monoisotopic (exact) mass is 729 g/mol. The fraction of sp³-hybridized carbons (Fsp3) is 0. The Labute approximate surface area is 343 Å². The molecular weight excluding hydrogens is 683 g/mol. The summed E-state index contributed by atoms with van der Waals surface area (Å²) in [5, 5.41) is 3.47. The molecule has 0 bridgehead atoms. The minimum absolute atomic E-state index is 0.156. The molecule has 262 valence electrons. The predicted molar refractivity (Wildman–Crippen MR) is 230 cm³/mol. The summed E-state index contributed by atoms with van der Waals surface area (Å²) in [6.07, 6.45) is 0. The van der Waals surface area contributed by atoms with E-state index < -0.39 is 118 Å². The molecule has 0 unspecified atom stereocenters. The van der Waals surface area contributed by atoms with Gasteiger partial charge < -0.3 is 4.57 Å². The number of aromatic nitrogens is 5. The lowest BCUT2D eigenvalue weighted by Gasteiger charge is -2.15. The minimum Gasteiger partial charge on any atom is -0.308 e. The summed E-state index contributed by atoms with van der Waals surface area (Å²) in [4.78, 5) is 14.2. The molecule has 3 heterocycles. The highest BCUT2D eigenvalue weighted by Crippen LogP contribution is 2.43. The van der Waals surface area contributed by atoms with Crippen LogP contribution in [0.5, 0.6) is 0 Å². The molecule has 11 aromatic rings. The van der Waals surface area contributed by atoms with Crippen LogP contribution in [-0.4, -0.2) is 24.1 Å². The van der Waals surface area contributed by atoms with Crippen LogP contribution < -0.4 is 0 Å². The van der Waals surface area contributed by atoms with E-state index in [0.717, 1.165) is 49.4 Å². The van der Waals surface area contributed by atoms with Crippen LogP contribution in [0.2, 0.25) is 0 Å². The highest BCUT2D eigenvalue weighted by atomic mass is 15.2. The van der Waals surface area contributed by atoms with Crippen molar-refractivity contribution >= 4 is 43.6 Å². The molecule has 0 N–H and O–H groups in total. The molecule has 0 aliphatic heterocycles. The molecule has 56 heavy (non-hydrogen) atoms. The number of rotatable bonds is 6. The molecule has 5 nitrogen and oxygen atoms in total. The fourth-order valence-electron chi connectivity index (χ4n) is 7.48. The van der Waals surface area contributed by atoms with Crippen molar-refractivity contribution in [2.45, 2.75) is 0 Å². The molecule has 0 fully saturated rings. The Bertz CT molecular complexity index is 3990. The van der Waals surface area contributed by atoms with Crippen LogP contribution in [0.4, 0.5) is 0 Å².